The van der Waals surface area contributed by atoms with Crippen molar-refractivity contribution in [2.75, 3.05) is 18.1 Å². The molecule has 1 saturated carbocycles. The van der Waals surface area contributed by atoms with Crippen LogP contribution in [0.3, 0.4) is 0 Å². The Balaban J connectivity index is 2.03. The number of rotatable bonds is 5. The fourth-order valence-electron chi connectivity index (χ4n) is 1.73. The van der Waals surface area contributed by atoms with E-state index in [-0.39, 0.29) is 5.56 Å². The molecule has 0 aromatic carbocycles. The number of carbonyl (C=O) groups is 1. The highest BCUT2D eigenvalue weighted by molar-refractivity contribution is 8.00. The highest BCUT2D eigenvalue weighted by atomic mass is 32.2. The van der Waals surface area contributed by atoms with Gasteiger partial charge in [-0.1, -0.05) is 0 Å². The Morgan fingerprint density at radius 1 is 1.59 bits per heavy atom. The second-order valence-corrected chi connectivity index (χ2v) is 5.65. The second kappa shape index (κ2) is 4.56. The number of anilines is 1. The minimum absolute atomic E-state index is 0.265. The Hall–Kier alpha value is -1.23. The zero-order chi connectivity index (χ0) is 12.5. The Kier molecular flexibility index (Phi) is 3.28. The Morgan fingerprint density at radius 3 is 2.76 bits per heavy atom. The van der Waals surface area contributed by atoms with E-state index in [1.165, 1.54) is 12.8 Å². The number of nitrogens with zero attached hydrogens (tertiary/aromatic N) is 1. The van der Waals surface area contributed by atoms with Crippen molar-refractivity contribution in [2.24, 2.45) is 0 Å². The predicted molar refractivity (Wildman–Crippen MR) is 69.9 cm³/mol. The molecule has 0 amide bonds. The molecule has 0 unspecified atom stereocenters. The molecule has 1 aromatic rings. The third kappa shape index (κ3) is 2.72. The van der Waals surface area contributed by atoms with Crippen molar-refractivity contribution in [3.05, 3.63) is 23.4 Å². The Morgan fingerprint density at radius 2 is 2.29 bits per heavy atom. The SMILES string of the molecule is CSC1(CNc2ccc(C(=O)O)c(C)n2)CC1. The van der Waals surface area contributed by atoms with Crippen molar-refractivity contribution in [2.45, 2.75) is 24.5 Å². The fourth-order valence-corrected chi connectivity index (χ4v) is 2.46. The van der Waals surface area contributed by atoms with Gasteiger partial charge < -0.3 is 10.4 Å². The lowest BCUT2D eigenvalue weighted by molar-refractivity contribution is 0.0695. The van der Waals surface area contributed by atoms with Crippen LogP contribution in [0.1, 0.15) is 28.9 Å². The van der Waals surface area contributed by atoms with Crippen LogP contribution in [0, 0.1) is 6.92 Å². The summed E-state index contributed by atoms with van der Waals surface area (Å²) < 4.78 is 0.376. The van der Waals surface area contributed by atoms with Crippen LogP contribution in [0.2, 0.25) is 0 Å². The van der Waals surface area contributed by atoms with Crippen LogP contribution in [0.25, 0.3) is 0 Å². The van der Waals surface area contributed by atoms with Gasteiger partial charge in [0.1, 0.15) is 5.82 Å². The summed E-state index contributed by atoms with van der Waals surface area (Å²) in [7, 11) is 0. The molecule has 0 saturated heterocycles. The van der Waals surface area contributed by atoms with E-state index in [9.17, 15) is 4.79 Å². The summed E-state index contributed by atoms with van der Waals surface area (Å²) in [4.78, 5) is 15.1. The van der Waals surface area contributed by atoms with Gasteiger partial charge in [0, 0.05) is 11.3 Å². The van der Waals surface area contributed by atoms with Crippen molar-refractivity contribution >= 4 is 23.5 Å². The minimum atomic E-state index is -0.927. The summed E-state index contributed by atoms with van der Waals surface area (Å²) in [6.07, 6.45) is 4.61. The van der Waals surface area contributed by atoms with Gasteiger partial charge in [-0.15, -0.1) is 0 Å². The summed E-state index contributed by atoms with van der Waals surface area (Å²) >= 11 is 1.89. The van der Waals surface area contributed by atoms with Crippen LogP contribution >= 0.6 is 11.8 Å². The second-order valence-electron chi connectivity index (χ2n) is 4.38. The van der Waals surface area contributed by atoms with Gasteiger partial charge in [0.25, 0.3) is 0 Å². The molecule has 92 valence electrons. The highest BCUT2D eigenvalue weighted by Gasteiger charge is 2.41. The van der Waals surface area contributed by atoms with Crippen molar-refractivity contribution in [3.63, 3.8) is 0 Å². The predicted octanol–water partition coefficient (Wildman–Crippen LogP) is 2.40. The van der Waals surface area contributed by atoms with Gasteiger partial charge in [-0.2, -0.15) is 11.8 Å². The van der Waals surface area contributed by atoms with Crippen LogP contribution < -0.4 is 5.32 Å². The number of carboxylic acid groups (broad SMARTS) is 1. The number of aromatic carboxylic acids is 1. The summed E-state index contributed by atoms with van der Waals surface area (Å²) in [6, 6.07) is 3.33. The van der Waals surface area contributed by atoms with Gasteiger partial charge in [0.15, 0.2) is 0 Å². The van der Waals surface area contributed by atoms with Gasteiger partial charge in [0.2, 0.25) is 0 Å². The van der Waals surface area contributed by atoms with Crippen LogP contribution in [-0.4, -0.2) is 33.6 Å². The van der Waals surface area contributed by atoms with Gasteiger partial charge >= 0.3 is 5.97 Å². The Bertz CT molecular complexity index is 444. The molecular weight excluding hydrogens is 236 g/mol. The maximum Gasteiger partial charge on any atom is 0.337 e. The highest BCUT2D eigenvalue weighted by Crippen LogP contribution is 2.46. The molecular formula is C12H16N2O2S. The van der Waals surface area contributed by atoms with Gasteiger partial charge in [-0.3, -0.25) is 0 Å². The fraction of sp³-hybridized carbons (Fsp3) is 0.500. The molecule has 0 spiro atoms. The van der Waals surface area contributed by atoms with Crippen LogP contribution in [0.15, 0.2) is 12.1 Å². The molecule has 1 heterocycles. The molecule has 17 heavy (non-hydrogen) atoms. The number of thioether (sulfide) groups is 1. The van der Waals surface area contributed by atoms with Crippen molar-refractivity contribution < 1.29 is 9.90 Å². The first-order chi connectivity index (χ1) is 8.06. The standard InChI is InChI=1S/C12H16N2O2S/c1-8-9(11(15)16)3-4-10(14-8)13-7-12(17-2)5-6-12/h3-4H,5-7H2,1-2H3,(H,13,14)(H,15,16). The number of hydrogen-bond acceptors (Lipinski definition) is 4. The molecule has 4 nitrogen and oxygen atoms in total. The molecule has 0 bridgehead atoms. The molecule has 1 aromatic heterocycles. The molecule has 2 N–H and O–H groups in total. The Labute approximate surface area is 105 Å². The van der Waals surface area contributed by atoms with E-state index in [1.54, 1.807) is 19.1 Å². The van der Waals surface area contributed by atoms with Crippen molar-refractivity contribution in [1.82, 2.24) is 4.98 Å². The van der Waals surface area contributed by atoms with E-state index in [0.29, 0.717) is 10.4 Å². The van der Waals surface area contributed by atoms with Crippen LogP contribution in [0.4, 0.5) is 5.82 Å². The average Bonchev–Trinajstić information content (AvgIpc) is 3.07. The molecule has 0 radical (unpaired) electrons. The molecule has 2 rings (SSSR count). The van der Waals surface area contributed by atoms with E-state index in [1.807, 2.05) is 11.8 Å². The topological polar surface area (TPSA) is 62.2 Å². The van der Waals surface area contributed by atoms with Gasteiger partial charge in [-0.25, -0.2) is 9.78 Å². The zero-order valence-electron chi connectivity index (χ0n) is 9.99. The summed E-state index contributed by atoms with van der Waals surface area (Å²) in [5.74, 6) is -0.169. The number of pyridine rings is 1. The summed E-state index contributed by atoms with van der Waals surface area (Å²) in [5.41, 5.74) is 0.818. The average molecular weight is 252 g/mol. The number of hydrogen-bond donors (Lipinski definition) is 2. The van der Waals surface area contributed by atoms with Gasteiger partial charge in [-0.05, 0) is 38.2 Å². The number of carboxylic acids is 1. The minimum Gasteiger partial charge on any atom is -0.478 e. The normalized spacial score (nSPS) is 16.6. The lowest BCUT2D eigenvalue weighted by Crippen LogP contribution is -2.18. The van der Waals surface area contributed by atoms with Crippen LogP contribution in [0.5, 0.6) is 0 Å². The third-order valence-corrected chi connectivity index (χ3v) is 4.57. The maximum atomic E-state index is 10.8. The molecule has 5 heteroatoms. The van der Waals surface area contributed by atoms with Crippen LogP contribution in [-0.2, 0) is 0 Å². The molecule has 1 aliphatic rings. The van der Waals surface area contributed by atoms with E-state index >= 15 is 0 Å². The summed E-state index contributed by atoms with van der Waals surface area (Å²) in [5, 5.41) is 12.2. The van der Waals surface area contributed by atoms with E-state index in [0.717, 1.165) is 12.4 Å². The van der Waals surface area contributed by atoms with Gasteiger partial charge in [0.05, 0.1) is 11.3 Å². The quantitative estimate of drug-likeness (QED) is 0.842. The number of aryl methyl sites for hydroxylation is 1. The molecule has 1 fully saturated rings. The first-order valence-electron chi connectivity index (χ1n) is 5.56. The first kappa shape index (κ1) is 12.2. The van der Waals surface area contributed by atoms with E-state index in [4.69, 9.17) is 5.11 Å². The van der Waals surface area contributed by atoms with Crippen molar-refractivity contribution in [1.29, 1.82) is 0 Å². The van der Waals surface area contributed by atoms with E-state index < -0.39 is 5.97 Å². The lowest BCUT2D eigenvalue weighted by atomic mass is 10.2. The smallest absolute Gasteiger partial charge is 0.337 e. The third-order valence-electron chi connectivity index (χ3n) is 3.15. The number of nitrogens with one attached hydrogen (secondary N) is 1. The first-order valence-corrected chi connectivity index (χ1v) is 6.79. The largest absolute Gasteiger partial charge is 0.478 e. The monoisotopic (exact) mass is 252 g/mol. The lowest BCUT2D eigenvalue weighted by Gasteiger charge is -2.14. The zero-order valence-corrected chi connectivity index (χ0v) is 10.8. The molecule has 0 aliphatic heterocycles. The molecule has 0 atom stereocenters. The number of aromatic nitrogens is 1. The van der Waals surface area contributed by atoms with E-state index in [2.05, 4.69) is 16.6 Å². The molecule has 1 aliphatic carbocycles. The summed E-state index contributed by atoms with van der Waals surface area (Å²) in [6.45, 7) is 2.61. The maximum absolute atomic E-state index is 10.8. The van der Waals surface area contributed by atoms with Crippen molar-refractivity contribution in [3.8, 4) is 0 Å².